The first-order valence-electron chi connectivity index (χ1n) is 4.25. The van der Waals surface area contributed by atoms with Crippen LogP contribution in [0.2, 0.25) is 0 Å². The summed E-state index contributed by atoms with van der Waals surface area (Å²) in [5, 5.41) is 12.7. The molecule has 6 heteroatoms. The summed E-state index contributed by atoms with van der Waals surface area (Å²) in [6.07, 6.45) is 1.46. The minimum Gasteiger partial charge on any atom is -0.366 e. The summed E-state index contributed by atoms with van der Waals surface area (Å²) in [7, 11) is 0. The molecule has 0 atom stereocenters. The Bertz CT molecular complexity index is 536. The zero-order valence-corrected chi connectivity index (χ0v) is 8.05. The molecule has 2 rings (SSSR count). The number of anilines is 1. The molecule has 0 fully saturated rings. The van der Waals surface area contributed by atoms with Crippen molar-refractivity contribution < 1.29 is 0 Å². The maximum atomic E-state index is 8.79. The molecule has 2 N–H and O–H groups in total. The van der Waals surface area contributed by atoms with Crippen LogP contribution < -0.4 is 5.73 Å². The van der Waals surface area contributed by atoms with Crippen LogP contribution in [0.25, 0.3) is 5.82 Å². The fourth-order valence-corrected chi connectivity index (χ4v) is 1.22. The molecule has 6 nitrogen and oxygen atoms in total. The number of aryl methyl sites for hydroxylation is 1. The number of aromatic nitrogens is 4. The molecular formula is C9H8N6. The maximum absolute atomic E-state index is 8.79. The second kappa shape index (κ2) is 3.38. The highest BCUT2D eigenvalue weighted by Gasteiger charge is 2.03. The molecule has 0 saturated heterocycles. The van der Waals surface area contributed by atoms with Crippen LogP contribution in [0.3, 0.4) is 0 Å². The predicted octanol–water partition coefficient (Wildman–Crippen LogP) is 0.425. The molecule has 2 heterocycles. The Labute approximate surface area is 86.0 Å². The van der Waals surface area contributed by atoms with Crippen molar-refractivity contribution in [1.82, 2.24) is 19.7 Å². The third-order valence-corrected chi connectivity index (χ3v) is 1.81. The van der Waals surface area contributed by atoms with Crippen molar-refractivity contribution in [3.63, 3.8) is 0 Å². The zero-order chi connectivity index (χ0) is 10.8. The summed E-state index contributed by atoms with van der Waals surface area (Å²) in [6, 6.07) is 5.38. The average Bonchev–Trinajstić information content (AvgIpc) is 2.64. The summed E-state index contributed by atoms with van der Waals surface area (Å²) >= 11 is 0. The summed E-state index contributed by atoms with van der Waals surface area (Å²) in [5.74, 6) is 0.715. The Morgan fingerprint density at radius 1 is 1.47 bits per heavy atom. The number of nitrogens with two attached hydrogens (primary N) is 1. The van der Waals surface area contributed by atoms with Crippen molar-refractivity contribution >= 4 is 5.95 Å². The minimum atomic E-state index is 0.178. The molecule has 2 aromatic heterocycles. The highest BCUT2D eigenvalue weighted by atomic mass is 15.4. The van der Waals surface area contributed by atoms with Gasteiger partial charge in [0.25, 0.3) is 0 Å². The first-order valence-corrected chi connectivity index (χ1v) is 4.25. The quantitative estimate of drug-likeness (QED) is 0.720. The molecule has 0 aliphatic heterocycles. The van der Waals surface area contributed by atoms with Gasteiger partial charge in [-0.25, -0.2) is 14.6 Å². The molecule has 0 spiro atoms. The molecule has 0 unspecified atom stereocenters. The van der Waals surface area contributed by atoms with Crippen LogP contribution in [-0.4, -0.2) is 19.7 Å². The Balaban J connectivity index is 2.54. The molecule has 0 aliphatic carbocycles. The van der Waals surface area contributed by atoms with Gasteiger partial charge in [-0.3, -0.25) is 0 Å². The highest BCUT2D eigenvalue weighted by Crippen LogP contribution is 2.08. The molecule has 0 saturated carbocycles. The maximum Gasteiger partial charge on any atom is 0.239 e. The molecule has 0 bridgehead atoms. The minimum absolute atomic E-state index is 0.178. The Morgan fingerprint density at radius 2 is 2.27 bits per heavy atom. The van der Waals surface area contributed by atoms with Crippen LogP contribution in [0.4, 0.5) is 5.95 Å². The van der Waals surface area contributed by atoms with Gasteiger partial charge in [0.2, 0.25) is 5.95 Å². The van der Waals surface area contributed by atoms with E-state index in [1.165, 1.54) is 11.0 Å². The van der Waals surface area contributed by atoms with Gasteiger partial charge in [0.1, 0.15) is 6.33 Å². The van der Waals surface area contributed by atoms with Crippen LogP contribution in [0.5, 0.6) is 0 Å². The van der Waals surface area contributed by atoms with Crippen molar-refractivity contribution in [3.05, 3.63) is 29.7 Å². The van der Waals surface area contributed by atoms with Crippen molar-refractivity contribution in [2.24, 2.45) is 0 Å². The number of rotatable bonds is 1. The lowest BCUT2D eigenvalue weighted by molar-refractivity contribution is 0.842. The summed E-state index contributed by atoms with van der Waals surface area (Å²) in [5.41, 5.74) is 6.67. The van der Waals surface area contributed by atoms with Gasteiger partial charge in [-0.05, 0) is 13.0 Å². The SMILES string of the molecule is Cc1cc(C#N)cc(-n2cnc(N)n2)n1. The van der Waals surface area contributed by atoms with Crippen molar-refractivity contribution in [2.75, 3.05) is 5.73 Å². The van der Waals surface area contributed by atoms with Gasteiger partial charge in [0.05, 0.1) is 11.6 Å². The van der Waals surface area contributed by atoms with E-state index in [0.717, 1.165) is 5.69 Å². The first kappa shape index (κ1) is 9.15. The van der Waals surface area contributed by atoms with E-state index >= 15 is 0 Å². The van der Waals surface area contributed by atoms with E-state index in [1.54, 1.807) is 12.1 Å². The largest absolute Gasteiger partial charge is 0.366 e. The average molecular weight is 200 g/mol. The lowest BCUT2D eigenvalue weighted by Gasteiger charge is -2.01. The van der Waals surface area contributed by atoms with Crippen LogP contribution in [0, 0.1) is 18.3 Å². The van der Waals surface area contributed by atoms with E-state index in [9.17, 15) is 0 Å². The fourth-order valence-electron chi connectivity index (χ4n) is 1.22. The Hall–Kier alpha value is -2.42. The third kappa shape index (κ3) is 1.76. The smallest absolute Gasteiger partial charge is 0.239 e. The Morgan fingerprint density at radius 3 is 2.87 bits per heavy atom. The van der Waals surface area contributed by atoms with Crippen LogP contribution in [-0.2, 0) is 0 Å². The molecular weight excluding hydrogens is 192 g/mol. The van der Waals surface area contributed by atoms with Crippen LogP contribution in [0.1, 0.15) is 11.3 Å². The van der Waals surface area contributed by atoms with Crippen molar-refractivity contribution in [3.8, 4) is 11.9 Å². The summed E-state index contributed by atoms with van der Waals surface area (Å²) < 4.78 is 1.43. The normalized spacial score (nSPS) is 9.87. The van der Waals surface area contributed by atoms with Crippen LogP contribution in [0.15, 0.2) is 18.5 Å². The van der Waals surface area contributed by atoms with Crippen LogP contribution >= 0.6 is 0 Å². The van der Waals surface area contributed by atoms with Crippen molar-refractivity contribution in [2.45, 2.75) is 6.92 Å². The molecule has 0 aliphatic rings. The number of hydrogen-bond donors (Lipinski definition) is 1. The molecule has 15 heavy (non-hydrogen) atoms. The molecule has 0 radical (unpaired) electrons. The Kier molecular flexibility index (Phi) is 2.06. The second-order valence-corrected chi connectivity index (χ2v) is 3.01. The molecule has 74 valence electrons. The lowest BCUT2D eigenvalue weighted by Crippen LogP contribution is -2.01. The predicted molar refractivity (Wildman–Crippen MR) is 53.0 cm³/mol. The van der Waals surface area contributed by atoms with E-state index in [0.29, 0.717) is 11.4 Å². The fraction of sp³-hybridized carbons (Fsp3) is 0.111. The molecule has 0 amide bonds. The monoisotopic (exact) mass is 200 g/mol. The third-order valence-electron chi connectivity index (χ3n) is 1.81. The number of hydrogen-bond acceptors (Lipinski definition) is 5. The lowest BCUT2D eigenvalue weighted by atomic mass is 10.2. The summed E-state index contributed by atoms with van der Waals surface area (Å²) in [6.45, 7) is 1.81. The van der Waals surface area contributed by atoms with Gasteiger partial charge >= 0.3 is 0 Å². The number of pyridine rings is 1. The number of nitrogen functional groups attached to an aromatic ring is 1. The highest BCUT2D eigenvalue weighted by molar-refractivity contribution is 5.37. The van der Waals surface area contributed by atoms with Gasteiger partial charge < -0.3 is 5.73 Å². The van der Waals surface area contributed by atoms with Gasteiger partial charge in [-0.15, -0.1) is 5.10 Å². The van der Waals surface area contributed by atoms with E-state index < -0.39 is 0 Å². The van der Waals surface area contributed by atoms with E-state index in [1.807, 2.05) is 6.92 Å². The first-order chi connectivity index (χ1) is 7.19. The summed E-state index contributed by atoms with van der Waals surface area (Å²) in [4.78, 5) is 8.00. The van der Waals surface area contributed by atoms with E-state index in [2.05, 4.69) is 21.1 Å². The topological polar surface area (TPSA) is 93.4 Å². The molecule has 0 aromatic carbocycles. The van der Waals surface area contributed by atoms with Gasteiger partial charge in [0.15, 0.2) is 5.82 Å². The standard InChI is InChI=1S/C9H8N6/c1-6-2-7(4-10)3-8(13-6)15-5-12-9(11)14-15/h2-3,5H,1H3,(H2,11,14). The van der Waals surface area contributed by atoms with Gasteiger partial charge in [-0.2, -0.15) is 5.26 Å². The number of nitrogens with zero attached hydrogens (tertiary/aromatic N) is 5. The van der Waals surface area contributed by atoms with Crippen molar-refractivity contribution in [1.29, 1.82) is 5.26 Å². The van der Waals surface area contributed by atoms with Gasteiger partial charge in [0, 0.05) is 11.8 Å². The molecule has 2 aromatic rings. The zero-order valence-electron chi connectivity index (χ0n) is 8.05. The van der Waals surface area contributed by atoms with Gasteiger partial charge in [-0.1, -0.05) is 0 Å². The second-order valence-electron chi connectivity index (χ2n) is 3.01. The number of nitriles is 1. The van der Waals surface area contributed by atoms with E-state index in [-0.39, 0.29) is 5.95 Å². The van der Waals surface area contributed by atoms with E-state index in [4.69, 9.17) is 11.0 Å².